The topological polar surface area (TPSA) is 52.6 Å². The molecule has 1 aromatic carbocycles. The van der Waals surface area contributed by atoms with Crippen LogP contribution in [0, 0.1) is 5.82 Å². The zero-order chi connectivity index (χ0) is 19.3. The van der Waals surface area contributed by atoms with E-state index in [9.17, 15) is 9.18 Å². The van der Waals surface area contributed by atoms with Crippen molar-refractivity contribution >= 4 is 17.4 Å². The van der Waals surface area contributed by atoms with Gasteiger partial charge in [0.15, 0.2) is 0 Å². The summed E-state index contributed by atoms with van der Waals surface area (Å²) in [5, 5.41) is 0. The number of anilines is 2. The molecule has 0 N–H and O–H groups in total. The molecule has 6 nitrogen and oxygen atoms in total. The summed E-state index contributed by atoms with van der Waals surface area (Å²) in [5.41, 5.74) is 1.06. The van der Waals surface area contributed by atoms with Crippen LogP contribution in [0.1, 0.15) is 36.2 Å². The number of amides is 1. The van der Waals surface area contributed by atoms with Crippen LogP contribution in [-0.2, 0) is 0 Å². The van der Waals surface area contributed by atoms with Crippen molar-refractivity contribution in [2.75, 3.05) is 49.1 Å². The summed E-state index contributed by atoms with van der Waals surface area (Å²) in [6.45, 7) is 4.53. The zero-order valence-corrected chi connectivity index (χ0v) is 16.1. The van der Waals surface area contributed by atoms with Gasteiger partial charge in [0.05, 0.1) is 18.1 Å². The molecule has 4 rings (SSSR count). The average molecular weight is 383 g/mol. The molecule has 2 fully saturated rings. The number of halogens is 1. The highest BCUT2D eigenvalue weighted by Gasteiger charge is 2.22. The van der Waals surface area contributed by atoms with Crippen LogP contribution in [0.2, 0.25) is 0 Å². The monoisotopic (exact) mass is 383 g/mol. The van der Waals surface area contributed by atoms with Crippen LogP contribution in [-0.4, -0.2) is 60.0 Å². The third kappa shape index (κ3) is 4.08. The van der Waals surface area contributed by atoms with E-state index in [0.29, 0.717) is 11.4 Å². The molecular weight excluding hydrogens is 357 g/mol. The van der Waals surface area contributed by atoms with Gasteiger partial charge in [-0.3, -0.25) is 4.79 Å². The lowest BCUT2D eigenvalue weighted by molar-refractivity contribution is 0.0755. The molecule has 7 heteroatoms. The number of likely N-dealkylation sites (tertiary alicyclic amines) is 1. The van der Waals surface area contributed by atoms with E-state index in [1.165, 1.54) is 18.9 Å². The lowest BCUT2D eigenvalue weighted by Crippen LogP contribution is -2.47. The van der Waals surface area contributed by atoms with E-state index in [1.807, 2.05) is 17.0 Å². The quantitative estimate of drug-likeness (QED) is 0.816. The van der Waals surface area contributed by atoms with Crippen molar-refractivity contribution in [3.05, 3.63) is 48.2 Å². The van der Waals surface area contributed by atoms with Crippen LogP contribution in [0.25, 0.3) is 0 Å². The van der Waals surface area contributed by atoms with Crippen LogP contribution in [0.15, 0.2) is 36.7 Å². The Morgan fingerprint density at radius 1 is 0.821 bits per heavy atom. The van der Waals surface area contributed by atoms with Crippen molar-refractivity contribution in [2.24, 2.45) is 0 Å². The summed E-state index contributed by atoms with van der Waals surface area (Å²) in [4.78, 5) is 27.6. The van der Waals surface area contributed by atoms with Gasteiger partial charge in [0.25, 0.3) is 5.91 Å². The number of piperazine rings is 1. The van der Waals surface area contributed by atoms with E-state index in [-0.39, 0.29) is 11.7 Å². The first-order valence-electron chi connectivity index (χ1n) is 10.1. The maximum atomic E-state index is 14.0. The molecule has 0 radical (unpaired) electrons. The van der Waals surface area contributed by atoms with Gasteiger partial charge in [0.2, 0.25) is 0 Å². The number of nitrogens with zero attached hydrogens (tertiary/aromatic N) is 5. The molecule has 0 saturated carbocycles. The molecule has 1 aromatic heterocycles. The Balaban J connectivity index is 1.37. The number of hydrogen-bond acceptors (Lipinski definition) is 5. The molecule has 3 heterocycles. The molecule has 0 spiro atoms. The van der Waals surface area contributed by atoms with Gasteiger partial charge in [-0.15, -0.1) is 0 Å². The normalized spacial score (nSPS) is 18.1. The second-order valence-corrected chi connectivity index (χ2v) is 7.39. The molecule has 0 aliphatic carbocycles. The van der Waals surface area contributed by atoms with Gasteiger partial charge in [-0.2, -0.15) is 0 Å². The molecule has 0 unspecified atom stereocenters. The summed E-state index contributed by atoms with van der Waals surface area (Å²) in [6, 6.07) is 6.87. The van der Waals surface area contributed by atoms with Crippen LogP contribution in [0.5, 0.6) is 0 Å². The third-order valence-electron chi connectivity index (χ3n) is 5.55. The third-order valence-corrected chi connectivity index (χ3v) is 5.55. The maximum absolute atomic E-state index is 14.0. The fourth-order valence-corrected chi connectivity index (χ4v) is 3.92. The van der Waals surface area contributed by atoms with Gasteiger partial charge >= 0.3 is 0 Å². The first kappa shape index (κ1) is 18.7. The Hall–Kier alpha value is -2.70. The van der Waals surface area contributed by atoms with E-state index in [4.69, 9.17) is 0 Å². The van der Waals surface area contributed by atoms with Gasteiger partial charge in [-0.25, -0.2) is 14.4 Å². The maximum Gasteiger partial charge on any atom is 0.274 e. The Bertz CT molecular complexity index is 797. The molecule has 2 aliphatic heterocycles. The highest BCUT2D eigenvalue weighted by molar-refractivity contribution is 5.92. The summed E-state index contributed by atoms with van der Waals surface area (Å²) in [5.74, 6) is 0.554. The smallest absolute Gasteiger partial charge is 0.274 e. The lowest BCUT2D eigenvalue weighted by Gasteiger charge is -2.36. The number of hydrogen-bond donors (Lipinski definition) is 0. The molecule has 2 saturated heterocycles. The van der Waals surface area contributed by atoms with Crippen LogP contribution in [0.4, 0.5) is 15.9 Å². The predicted molar refractivity (Wildman–Crippen MR) is 107 cm³/mol. The standard InChI is InChI=1S/C21H26FN5O/c22-17-7-3-4-8-19(17)25-11-13-26(14-12-25)20-16-23-18(15-24-20)21(28)27-9-5-1-2-6-10-27/h3-4,7-8,15-16H,1-2,5-6,9-14H2. The minimum atomic E-state index is -0.188. The van der Waals surface area contributed by atoms with Crippen LogP contribution in [0.3, 0.4) is 0 Å². The molecule has 0 bridgehead atoms. The number of benzene rings is 1. The van der Waals surface area contributed by atoms with E-state index in [1.54, 1.807) is 18.5 Å². The lowest BCUT2D eigenvalue weighted by atomic mass is 10.2. The second kappa shape index (κ2) is 8.54. The van der Waals surface area contributed by atoms with E-state index in [0.717, 1.165) is 57.9 Å². The van der Waals surface area contributed by atoms with Crippen molar-refractivity contribution in [1.29, 1.82) is 0 Å². The molecule has 148 valence electrons. The number of rotatable bonds is 3. The van der Waals surface area contributed by atoms with Crippen molar-refractivity contribution in [1.82, 2.24) is 14.9 Å². The highest BCUT2D eigenvalue weighted by atomic mass is 19.1. The first-order valence-corrected chi connectivity index (χ1v) is 10.1. The van der Waals surface area contributed by atoms with Crippen molar-refractivity contribution in [3.63, 3.8) is 0 Å². The fraction of sp³-hybridized carbons (Fsp3) is 0.476. The Kier molecular flexibility index (Phi) is 5.69. The molecule has 2 aromatic rings. The van der Waals surface area contributed by atoms with Gasteiger partial charge in [-0.1, -0.05) is 25.0 Å². The van der Waals surface area contributed by atoms with Gasteiger partial charge in [0, 0.05) is 39.3 Å². The largest absolute Gasteiger partial charge is 0.366 e. The number of para-hydroxylation sites is 1. The van der Waals surface area contributed by atoms with E-state index < -0.39 is 0 Å². The summed E-state index contributed by atoms with van der Waals surface area (Å²) >= 11 is 0. The van der Waals surface area contributed by atoms with Gasteiger partial charge < -0.3 is 14.7 Å². The minimum absolute atomic E-state index is 0.0228. The second-order valence-electron chi connectivity index (χ2n) is 7.39. The number of aromatic nitrogens is 2. The van der Waals surface area contributed by atoms with Crippen molar-refractivity contribution < 1.29 is 9.18 Å². The summed E-state index contributed by atoms with van der Waals surface area (Å²) < 4.78 is 14.0. The van der Waals surface area contributed by atoms with E-state index in [2.05, 4.69) is 19.8 Å². The van der Waals surface area contributed by atoms with Crippen LogP contribution >= 0.6 is 0 Å². The fourth-order valence-electron chi connectivity index (χ4n) is 3.92. The molecule has 2 aliphatic rings. The Morgan fingerprint density at radius 2 is 1.50 bits per heavy atom. The molecule has 28 heavy (non-hydrogen) atoms. The average Bonchev–Trinajstić information content (AvgIpc) is 3.04. The summed E-state index contributed by atoms with van der Waals surface area (Å²) in [6.07, 6.45) is 7.77. The molecule has 0 atom stereocenters. The van der Waals surface area contributed by atoms with Crippen molar-refractivity contribution in [3.8, 4) is 0 Å². The zero-order valence-electron chi connectivity index (χ0n) is 16.1. The number of carbonyl (C=O) groups excluding carboxylic acids is 1. The molecular formula is C21H26FN5O. The van der Waals surface area contributed by atoms with Gasteiger partial charge in [0.1, 0.15) is 17.3 Å². The Morgan fingerprint density at radius 3 is 2.14 bits per heavy atom. The predicted octanol–water partition coefficient (Wildman–Crippen LogP) is 2.96. The highest BCUT2D eigenvalue weighted by Crippen LogP contribution is 2.22. The minimum Gasteiger partial charge on any atom is -0.366 e. The molecule has 1 amide bonds. The van der Waals surface area contributed by atoms with Crippen molar-refractivity contribution in [2.45, 2.75) is 25.7 Å². The summed E-state index contributed by atoms with van der Waals surface area (Å²) in [7, 11) is 0. The number of carbonyl (C=O) groups is 1. The SMILES string of the molecule is O=C(c1cnc(N2CCN(c3ccccc3F)CC2)cn1)N1CCCCCC1. The van der Waals surface area contributed by atoms with Crippen LogP contribution < -0.4 is 9.80 Å². The Labute approximate surface area is 165 Å². The first-order chi connectivity index (χ1) is 13.7. The van der Waals surface area contributed by atoms with E-state index >= 15 is 0 Å². The van der Waals surface area contributed by atoms with Gasteiger partial charge in [-0.05, 0) is 25.0 Å².